The molecule has 1 unspecified atom stereocenters. The van der Waals surface area contributed by atoms with Crippen LogP contribution in [0.1, 0.15) is 41.5 Å². The molecule has 4 heteroatoms. The molecule has 0 amide bonds. The third kappa shape index (κ3) is 3.44. The van der Waals surface area contributed by atoms with Crippen LogP contribution in [0.2, 0.25) is 0 Å². The van der Waals surface area contributed by atoms with Gasteiger partial charge < -0.3 is 5.11 Å². The minimum Gasteiger partial charge on any atom is -0.387 e. The van der Waals surface area contributed by atoms with Gasteiger partial charge >= 0.3 is 0 Å². The van der Waals surface area contributed by atoms with Crippen molar-refractivity contribution < 1.29 is 5.11 Å². The molecule has 2 heterocycles. The van der Waals surface area contributed by atoms with Crippen molar-refractivity contribution in [3.05, 3.63) is 42.7 Å². The van der Waals surface area contributed by atoms with Gasteiger partial charge in [0.15, 0.2) is 0 Å². The van der Waals surface area contributed by atoms with Gasteiger partial charge in [0.2, 0.25) is 0 Å². The Morgan fingerprint density at radius 3 is 2.39 bits per heavy atom. The van der Waals surface area contributed by atoms with Gasteiger partial charge in [-0.2, -0.15) is 0 Å². The normalized spacial score (nSPS) is 13.8. The second-order valence-corrected chi connectivity index (χ2v) is 9.04. The summed E-state index contributed by atoms with van der Waals surface area (Å²) in [7, 11) is 0. The van der Waals surface area contributed by atoms with E-state index in [0.717, 1.165) is 8.66 Å². The second-order valence-electron chi connectivity index (χ2n) is 5.38. The zero-order valence-corrected chi connectivity index (χ0v) is 14.0. The molecule has 1 atom stereocenters. The van der Waals surface area contributed by atoms with Crippen molar-refractivity contribution in [1.82, 2.24) is 0 Å². The maximum atomic E-state index is 10.3. The largest absolute Gasteiger partial charge is 0.387 e. The molecule has 2 aromatic rings. The van der Waals surface area contributed by atoms with Gasteiger partial charge in [-0.15, -0.1) is 22.7 Å². The molecule has 0 fully saturated rings. The van der Waals surface area contributed by atoms with Gasteiger partial charge in [0.05, 0.1) is 9.89 Å². The first kappa shape index (κ1) is 14.3. The van der Waals surface area contributed by atoms with Crippen molar-refractivity contribution in [3.63, 3.8) is 0 Å². The molecule has 0 saturated carbocycles. The van der Waals surface area contributed by atoms with Crippen LogP contribution in [0.3, 0.4) is 0 Å². The van der Waals surface area contributed by atoms with E-state index < -0.39 is 6.10 Å². The van der Waals surface area contributed by atoms with E-state index in [-0.39, 0.29) is 5.41 Å². The van der Waals surface area contributed by atoms with E-state index in [2.05, 4.69) is 54.9 Å². The zero-order chi connectivity index (χ0) is 13.3. The van der Waals surface area contributed by atoms with Crippen molar-refractivity contribution in [2.75, 3.05) is 0 Å². The summed E-state index contributed by atoms with van der Waals surface area (Å²) in [4.78, 5) is 3.59. The Bertz CT molecular complexity index is 522. The summed E-state index contributed by atoms with van der Waals surface area (Å²) in [6.07, 6.45) is 0.303. The lowest BCUT2D eigenvalue weighted by molar-refractivity contribution is 0.183. The average molecular weight is 345 g/mol. The van der Waals surface area contributed by atoms with Crippen molar-refractivity contribution in [3.8, 4) is 0 Å². The molecular formula is C14H17BrOS2. The predicted molar refractivity (Wildman–Crippen MR) is 83.7 cm³/mol. The average Bonchev–Trinajstić information content (AvgIpc) is 2.85. The topological polar surface area (TPSA) is 20.2 Å². The van der Waals surface area contributed by atoms with Crippen LogP contribution in [0.5, 0.6) is 0 Å². The molecule has 0 aromatic carbocycles. The summed E-state index contributed by atoms with van der Waals surface area (Å²) in [5, 5.41) is 10.3. The van der Waals surface area contributed by atoms with Crippen LogP contribution < -0.4 is 0 Å². The smallest absolute Gasteiger partial charge is 0.0930 e. The van der Waals surface area contributed by atoms with Gasteiger partial charge in [-0.1, -0.05) is 20.8 Å². The minimum absolute atomic E-state index is 0.161. The Balaban J connectivity index is 2.09. The van der Waals surface area contributed by atoms with Crippen LogP contribution in [0.15, 0.2) is 28.1 Å². The molecular weight excluding hydrogens is 328 g/mol. The van der Waals surface area contributed by atoms with Crippen LogP contribution in [0.25, 0.3) is 0 Å². The fraction of sp³-hybridized carbons (Fsp3) is 0.429. The monoisotopic (exact) mass is 344 g/mol. The maximum Gasteiger partial charge on any atom is 0.0930 e. The second kappa shape index (κ2) is 5.45. The van der Waals surface area contributed by atoms with Gasteiger partial charge in [0, 0.05) is 21.1 Å². The van der Waals surface area contributed by atoms with E-state index in [4.69, 9.17) is 0 Å². The van der Waals surface area contributed by atoms with Crippen LogP contribution in [0.4, 0.5) is 0 Å². The first-order chi connectivity index (χ1) is 8.36. The Labute approximate surface area is 125 Å². The first-order valence-electron chi connectivity index (χ1n) is 5.89. The number of halogens is 1. The summed E-state index contributed by atoms with van der Waals surface area (Å²) in [5.41, 5.74) is 0.161. The van der Waals surface area contributed by atoms with Gasteiger partial charge in [0.1, 0.15) is 0 Å². The minimum atomic E-state index is -0.392. The lowest BCUT2D eigenvalue weighted by atomic mass is 9.95. The van der Waals surface area contributed by atoms with Crippen molar-refractivity contribution >= 4 is 38.6 Å². The lowest BCUT2D eigenvalue weighted by Crippen LogP contribution is -2.07. The van der Waals surface area contributed by atoms with E-state index in [1.807, 2.05) is 6.07 Å². The van der Waals surface area contributed by atoms with Crippen LogP contribution in [-0.2, 0) is 11.8 Å². The molecule has 0 aliphatic carbocycles. The van der Waals surface area contributed by atoms with E-state index in [1.54, 1.807) is 22.7 Å². The summed E-state index contributed by atoms with van der Waals surface area (Å²) < 4.78 is 1.12. The molecule has 18 heavy (non-hydrogen) atoms. The van der Waals surface area contributed by atoms with Crippen molar-refractivity contribution in [2.45, 2.75) is 38.7 Å². The molecule has 0 spiro atoms. The summed E-state index contributed by atoms with van der Waals surface area (Å²) in [5.74, 6) is 0. The van der Waals surface area contributed by atoms with Gasteiger partial charge in [-0.3, -0.25) is 0 Å². The SMILES string of the molecule is CC(C)(C)c1ccc(C(O)Cc2ccc(Br)s2)s1. The van der Waals surface area contributed by atoms with Gasteiger partial charge in [0.25, 0.3) is 0 Å². The van der Waals surface area contributed by atoms with E-state index in [9.17, 15) is 5.11 Å². The number of aliphatic hydroxyl groups excluding tert-OH is 1. The third-order valence-corrected chi connectivity index (χ3v) is 5.98. The fourth-order valence-electron chi connectivity index (χ4n) is 1.69. The highest BCUT2D eigenvalue weighted by Gasteiger charge is 2.19. The molecule has 1 N–H and O–H groups in total. The Morgan fingerprint density at radius 1 is 1.17 bits per heavy atom. The van der Waals surface area contributed by atoms with Crippen LogP contribution >= 0.6 is 38.6 Å². The zero-order valence-electron chi connectivity index (χ0n) is 10.7. The standard InChI is InChI=1S/C14H17BrOS2/c1-14(2,3)12-6-5-11(18-12)10(16)8-9-4-7-13(15)17-9/h4-7,10,16H,8H2,1-3H3. The Hall–Kier alpha value is -0.160. The number of rotatable bonds is 3. The highest BCUT2D eigenvalue weighted by Crippen LogP contribution is 2.34. The molecule has 0 saturated heterocycles. The quantitative estimate of drug-likeness (QED) is 0.816. The lowest BCUT2D eigenvalue weighted by Gasteiger charge is -2.15. The predicted octanol–water partition coefficient (Wildman–Crippen LogP) is 5.15. The molecule has 0 radical (unpaired) electrons. The van der Waals surface area contributed by atoms with Crippen molar-refractivity contribution in [2.24, 2.45) is 0 Å². The van der Waals surface area contributed by atoms with Crippen molar-refractivity contribution in [1.29, 1.82) is 0 Å². The molecule has 2 rings (SSSR count). The summed E-state index contributed by atoms with van der Waals surface area (Å²) in [6.45, 7) is 6.60. The van der Waals surface area contributed by atoms with Crippen LogP contribution in [-0.4, -0.2) is 5.11 Å². The van der Waals surface area contributed by atoms with E-state index in [1.165, 1.54) is 9.75 Å². The fourth-order valence-corrected chi connectivity index (χ4v) is 4.26. The summed E-state index contributed by atoms with van der Waals surface area (Å²) >= 11 is 6.85. The third-order valence-electron chi connectivity index (χ3n) is 2.72. The molecule has 98 valence electrons. The molecule has 0 bridgehead atoms. The van der Waals surface area contributed by atoms with Crippen LogP contribution in [0, 0.1) is 0 Å². The molecule has 0 aliphatic heterocycles. The van der Waals surface area contributed by atoms with Gasteiger partial charge in [-0.05, 0) is 45.6 Å². The number of hydrogen-bond donors (Lipinski definition) is 1. The molecule has 1 nitrogen and oxygen atoms in total. The Kier molecular flexibility index (Phi) is 4.32. The maximum absolute atomic E-state index is 10.3. The molecule has 2 aromatic heterocycles. The Morgan fingerprint density at radius 2 is 1.89 bits per heavy atom. The van der Waals surface area contributed by atoms with E-state index >= 15 is 0 Å². The summed E-state index contributed by atoms with van der Waals surface area (Å²) in [6, 6.07) is 8.28. The number of thiophene rings is 2. The van der Waals surface area contributed by atoms with E-state index in [0.29, 0.717) is 6.42 Å². The van der Waals surface area contributed by atoms with Gasteiger partial charge in [-0.25, -0.2) is 0 Å². The number of aliphatic hydroxyl groups is 1. The highest BCUT2D eigenvalue weighted by molar-refractivity contribution is 9.11. The first-order valence-corrected chi connectivity index (χ1v) is 8.31. The molecule has 0 aliphatic rings. The highest BCUT2D eigenvalue weighted by atomic mass is 79.9. The number of hydrogen-bond acceptors (Lipinski definition) is 3.